The van der Waals surface area contributed by atoms with Crippen LogP contribution in [0, 0.1) is 0 Å². The van der Waals surface area contributed by atoms with Crippen molar-refractivity contribution in [1.29, 1.82) is 0 Å². The SMILES string of the molecule is CCCC(C(=O)c1ccccc1)N(C)C(=O)OCc1ccccc1. The van der Waals surface area contributed by atoms with Crippen LogP contribution in [-0.4, -0.2) is 29.9 Å². The number of ketones is 1. The van der Waals surface area contributed by atoms with E-state index in [1.807, 2.05) is 55.5 Å². The Labute approximate surface area is 143 Å². The van der Waals surface area contributed by atoms with E-state index in [0.29, 0.717) is 12.0 Å². The summed E-state index contributed by atoms with van der Waals surface area (Å²) >= 11 is 0. The molecule has 0 N–H and O–H groups in total. The molecule has 24 heavy (non-hydrogen) atoms. The molecule has 0 heterocycles. The molecule has 0 saturated carbocycles. The van der Waals surface area contributed by atoms with Gasteiger partial charge in [-0.3, -0.25) is 4.79 Å². The Bertz CT molecular complexity index is 655. The highest BCUT2D eigenvalue weighted by atomic mass is 16.6. The van der Waals surface area contributed by atoms with Crippen LogP contribution < -0.4 is 0 Å². The molecule has 1 atom stereocenters. The van der Waals surface area contributed by atoms with E-state index in [1.54, 1.807) is 19.2 Å². The van der Waals surface area contributed by atoms with Gasteiger partial charge in [-0.25, -0.2) is 4.79 Å². The van der Waals surface area contributed by atoms with Crippen LogP contribution in [0.15, 0.2) is 60.7 Å². The monoisotopic (exact) mass is 325 g/mol. The van der Waals surface area contributed by atoms with E-state index in [9.17, 15) is 9.59 Å². The van der Waals surface area contributed by atoms with Crippen molar-refractivity contribution in [2.75, 3.05) is 7.05 Å². The molecule has 0 aliphatic carbocycles. The number of rotatable bonds is 7. The van der Waals surface area contributed by atoms with Crippen molar-refractivity contribution in [3.63, 3.8) is 0 Å². The molecule has 2 aromatic rings. The first-order valence-corrected chi connectivity index (χ1v) is 8.16. The van der Waals surface area contributed by atoms with E-state index >= 15 is 0 Å². The molecule has 1 amide bonds. The zero-order chi connectivity index (χ0) is 17.4. The predicted octanol–water partition coefficient (Wildman–Crippen LogP) is 4.31. The Hall–Kier alpha value is -2.62. The van der Waals surface area contributed by atoms with Gasteiger partial charge < -0.3 is 9.64 Å². The smallest absolute Gasteiger partial charge is 0.410 e. The molecule has 126 valence electrons. The number of likely N-dealkylation sites (N-methyl/N-ethyl adjacent to an activating group) is 1. The van der Waals surface area contributed by atoms with Gasteiger partial charge in [-0.05, 0) is 12.0 Å². The van der Waals surface area contributed by atoms with E-state index in [-0.39, 0.29) is 12.4 Å². The van der Waals surface area contributed by atoms with Crippen LogP contribution in [-0.2, 0) is 11.3 Å². The summed E-state index contributed by atoms with van der Waals surface area (Å²) in [6, 6.07) is 18.0. The van der Waals surface area contributed by atoms with E-state index in [0.717, 1.165) is 12.0 Å². The fourth-order valence-corrected chi connectivity index (χ4v) is 2.52. The van der Waals surface area contributed by atoms with Gasteiger partial charge in [0, 0.05) is 12.6 Å². The van der Waals surface area contributed by atoms with Crippen LogP contribution in [0.1, 0.15) is 35.7 Å². The summed E-state index contributed by atoms with van der Waals surface area (Å²) in [7, 11) is 1.62. The van der Waals surface area contributed by atoms with Crippen molar-refractivity contribution < 1.29 is 14.3 Å². The molecular weight excluding hydrogens is 302 g/mol. The van der Waals surface area contributed by atoms with Crippen molar-refractivity contribution >= 4 is 11.9 Å². The number of benzene rings is 2. The summed E-state index contributed by atoms with van der Waals surface area (Å²) in [5.41, 5.74) is 1.53. The fourth-order valence-electron chi connectivity index (χ4n) is 2.52. The third-order valence-corrected chi connectivity index (χ3v) is 3.88. The second-order valence-corrected chi connectivity index (χ2v) is 5.69. The summed E-state index contributed by atoms with van der Waals surface area (Å²) in [5.74, 6) is -0.0587. The molecule has 0 aliphatic rings. The minimum atomic E-state index is -0.513. The van der Waals surface area contributed by atoms with Crippen molar-refractivity contribution in [1.82, 2.24) is 4.90 Å². The molecule has 0 aromatic heterocycles. The zero-order valence-electron chi connectivity index (χ0n) is 14.1. The molecule has 0 spiro atoms. The third-order valence-electron chi connectivity index (χ3n) is 3.88. The lowest BCUT2D eigenvalue weighted by molar-refractivity contribution is 0.0703. The first-order chi connectivity index (χ1) is 11.6. The number of amides is 1. The standard InChI is InChI=1S/C20H23NO3/c1-3-10-18(19(22)17-13-8-5-9-14-17)21(2)20(23)24-15-16-11-6-4-7-12-16/h4-9,11-14,18H,3,10,15H2,1-2H3. The maximum atomic E-state index is 12.7. The van der Waals surface area contributed by atoms with Crippen molar-refractivity contribution in [3.8, 4) is 0 Å². The zero-order valence-corrected chi connectivity index (χ0v) is 14.1. The summed E-state index contributed by atoms with van der Waals surface area (Å²) in [5, 5.41) is 0. The van der Waals surface area contributed by atoms with Gasteiger partial charge in [0.2, 0.25) is 0 Å². The molecule has 4 nitrogen and oxygen atoms in total. The normalized spacial score (nSPS) is 11.6. The van der Waals surface area contributed by atoms with Gasteiger partial charge in [0.25, 0.3) is 0 Å². The number of hydrogen-bond donors (Lipinski definition) is 0. The number of ether oxygens (including phenoxy) is 1. The number of Topliss-reactive ketones (excluding diaryl/α,β-unsaturated/α-hetero) is 1. The van der Waals surface area contributed by atoms with Crippen LogP contribution in [0.3, 0.4) is 0 Å². The van der Waals surface area contributed by atoms with E-state index in [4.69, 9.17) is 4.74 Å². The number of hydrogen-bond acceptors (Lipinski definition) is 3. The average molecular weight is 325 g/mol. The van der Waals surface area contributed by atoms with Crippen LogP contribution in [0.25, 0.3) is 0 Å². The first kappa shape index (κ1) is 17.7. The molecule has 4 heteroatoms. The van der Waals surface area contributed by atoms with Gasteiger partial charge in [-0.1, -0.05) is 74.0 Å². The second kappa shape index (κ2) is 8.87. The van der Waals surface area contributed by atoms with E-state index < -0.39 is 12.1 Å². The maximum Gasteiger partial charge on any atom is 0.410 e. The van der Waals surface area contributed by atoms with Crippen molar-refractivity contribution in [2.45, 2.75) is 32.4 Å². The predicted molar refractivity (Wildman–Crippen MR) is 93.9 cm³/mol. The molecule has 0 radical (unpaired) electrons. The Balaban J connectivity index is 2.03. The summed E-state index contributed by atoms with van der Waals surface area (Å²) < 4.78 is 5.34. The lowest BCUT2D eigenvalue weighted by atomic mass is 9.99. The van der Waals surface area contributed by atoms with Crippen molar-refractivity contribution in [3.05, 3.63) is 71.8 Å². The molecule has 0 fully saturated rings. The average Bonchev–Trinajstić information content (AvgIpc) is 2.64. The molecule has 0 bridgehead atoms. The molecular formula is C20H23NO3. The van der Waals surface area contributed by atoms with Crippen LogP contribution in [0.2, 0.25) is 0 Å². The van der Waals surface area contributed by atoms with E-state index in [2.05, 4.69) is 0 Å². The molecule has 2 aromatic carbocycles. The third kappa shape index (κ3) is 4.69. The topological polar surface area (TPSA) is 46.6 Å². The highest BCUT2D eigenvalue weighted by Crippen LogP contribution is 2.15. The number of nitrogens with zero attached hydrogens (tertiary/aromatic N) is 1. The summed E-state index contributed by atoms with van der Waals surface area (Å²) in [6.45, 7) is 2.19. The van der Waals surface area contributed by atoms with Crippen LogP contribution in [0.5, 0.6) is 0 Å². The lowest BCUT2D eigenvalue weighted by Gasteiger charge is -2.26. The minimum Gasteiger partial charge on any atom is -0.445 e. The van der Waals surface area contributed by atoms with Crippen molar-refractivity contribution in [2.24, 2.45) is 0 Å². The van der Waals surface area contributed by atoms with Crippen LogP contribution in [0.4, 0.5) is 4.79 Å². The quantitative estimate of drug-likeness (QED) is 0.713. The van der Waals surface area contributed by atoms with Gasteiger partial charge >= 0.3 is 6.09 Å². The Morgan fingerprint density at radius 1 is 1.00 bits per heavy atom. The Morgan fingerprint density at radius 2 is 1.58 bits per heavy atom. The molecule has 0 aliphatic heterocycles. The molecule has 1 unspecified atom stereocenters. The fraction of sp³-hybridized carbons (Fsp3) is 0.300. The highest BCUT2D eigenvalue weighted by Gasteiger charge is 2.27. The lowest BCUT2D eigenvalue weighted by Crippen LogP contribution is -2.42. The first-order valence-electron chi connectivity index (χ1n) is 8.16. The molecule has 0 saturated heterocycles. The summed E-state index contributed by atoms with van der Waals surface area (Å²) in [6.07, 6.45) is 0.922. The van der Waals surface area contributed by atoms with Crippen LogP contribution >= 0.6 is 0 Å². The maximum absolute atomic E-state index is 12.7. The van der Waals surface area contributed by atoms with Gasteiger partial charge in [-0.2, -0.15) is 0 Å². The number of carbonyl (C=O) groups is 2. The molecule has 2 rings (SSSR count). The highest BCUT2D eigenvalue weighted by molar-refractivity contribution is 6.01. The Kier molecular flexibility index (Phi) is 6.55. The largest absolute Gasteiger partial charge is 0.445 e. The summed E-state index contributed by atoms with van der Waals surface area (Å²) in [4.78, 5) is 26.4. The second-order valence-electron chi connectivity index (χ2n) is 5.69. The van der Waals surface area contributed by atoms with E-state index in [1.165, 1.54) is 4.90 Å². The van der Waals surface area contributed by atoms with Gasteiger partial charge in [0.1, 0.15) is 6.61 Å². The van der Waals surface area contributed by atoms with Gasteiger partial charge in [-0.15, -0.1) is 0 Å². The Morgan fingerprint density at radius 3 is 2.17 bits per heavy atom. The van der Waals surface area contributed by atoms with Gasteiger partial charge in [0.05, 0.1) is 6.04 Å². The number of carbonyl (C=O) groups excluding carboxylic acids is 2. The minimum absolute atomic E-state index is 0.0587. The van der Waals surface area contributed by atoms with Gasteiger partial charge in [0.15, 0.2) is 5.78 Å².